The molecule has 3 aromatic rings. The van der Waals surface area contributed by atoms with Gasteiger partial charge in [-0.3, -0.25) is 4.79 Å². The van der Waals surface area contributed by atoms with Crippen LogP contribution in [0.5, 0.6) is 0 Å². The van der Waals surface area contributed by atoms with Crippen molar-refractivity contribution in [3.63, 3.8) is 0 Å². The Balaban J connectivity index is 1.22. The molecule has 1 saturated heterocycles. The summed E-state index contributed by atoms with van der Waals surface area (Å²) in [5, 5.41) is 6.90. The minimum Gasteiger partial charge on any atom is -0.382 e. The van der Waals surface area contributed by atoms with Crippen LogP contribution in [0.1, 0.15) is 34.5 Å². The van der Waals surface area contributed by atoms with Crippen molar-refractivity contribution < 1.29 is 18.0 Å². The molecule has 1 aliphatic heterocycles. The summed E-state index contributed by atoms with van der Waals surface area (Å²) in [6, 6.07) is 9.42. The molecule has 3 heterocycles. The Kier molecular flexibility index (Phi) is 5.43. The Hall–Kier alpha value is -2.88. The molecule has 0 bridgehead atoms. The molecule has 1 aliphatic carbocycles. The van der Waals surface area contributed by atoms with E-state index in [9.17, 15) is 18.0 Å². The number of hydrogen-bond donors (Lipinski definition) is 2. The molecule has 2 N–H and O–H groups in total. The van der Waals surface area contributed by atoms with E-state index in [1.165, 1.54) is 6.33 Å². The first-order chi connectivity index (χ1) is 15.7. The summed E-state index contributed by atoms with van der Waals surface area (Å²) in [5.41, 5.74) is 1.82. The maximum atomic E-state index is 12.8. The number of fused-ring (bicyclic) bond motifs is 1. The van der Waals surface area contributed by atoms with E-state index in [0.717, 1.165) is 55.2 Å². The average molecular weight is 476 g/mol. The van der Waals surface area contributed by atoms with Gasteiger partial charge in [0.1, 0.15) is 17.0 Å². The summed E-state index contributed by atoms with van der Waals surface area (Å²) in [5.74, 6) is 0.627. The highest BCUT2D eigenvalue weighted by molar-refractivity contribution is 7.18. The molecular weight excluding hydrogens is 451 g/mol. The van der Waals surface area contributed by atoms with Crippen molar-refractivity contribution in [3.05, 3.63) is 47.1 Å². The first-order valence-electron chi connectivity index (χ1n) is 10.9. The summed E-state index contributed by atoms with van der Waals surface area (Å²) in [4.78, 5) is 23.3. The summed E-state index contributed by atoms with van der Waals surface area (Å²) in [6.45, 7) is 1.69. The van der Waals surface area contributed by atoms with E-state index < -0.39 is 12.6 Å². The number of alkyl halides is 3. The zero-order chi connectivity index (χ0) is 23.2. The largest absolute Gasteiger partial charge is 0.393 e. The lowest BCUT2D eigenvalue weighted by atomic mass is 9.78. The predicted octanol–water partition coefficient (Wildman–Crippen LogP) is 4.63. The van der Waals surface area contributed by atoms with Crippen LogP contribution >= 0.6 is 11.3 Å². The van der Waals surface area contributed by atoms with Gasteiger partial charge in [0.05, 0.1) is 11.8 Å². The fraction of sp³-hybridized carbons (Fsp3) is 0.435. The second-order valence-corrected chi connectivity index (χ2v) is 10.1. The number of carbonyl (C=O) groups is 1. The SMILES string of the molecule is CNC(=O)c1ccc(NC2CCC3(C2)CN(c2ncnc4sc(CC(F)(F)F)cc24)C3)cc1. The van der Waals surface area contributed by atoms with Crippen LogP contribution in [0.15, 0.2) is 36.7 Å². The van der Waals surface area contributed by atoms with Gasteiger partial charge in [0.25, 0.3) is 5.91 Å². The van der Waals surface area contributed by atoms with Crippen LogP contribution in [-0.4, -0.2) is 48.2 Å². The molecule has 0 radical (unpaired) electrons. The first-order valence-corrected chi connectivity index (χ1v) is 11.7. The summed E-state index contributed by atoms with van der Waals surface area (Å²) < 4.78 is 38.4. The number of aromatic nitrogens is 2. The smallest absolute Gasteiger partial charge is 0.382 e. The average Bonchev–Trinajstić information content (AvgIpc) is 3.35. The van der Waals surface area contributed by atoms with E-state index in [1.807, 2.05) is 24.3 Å². The highest BCUT2D eigenvalue weighted by Crippen LogP contribution is 2.48. The minimum absolute atomic E-state index is 0.106. The quantitative estimate of drug-likeness (QED) is 0.563. The summed E-state index contributed by atoms with van der Waals surface area (Å²) in [6.07, 6.45) is -0.554. The van der Waals surface area contributed by atoms with E-state index in [0.29, 0.717) is 21.8 Å². The number of amides is 1. The number of benzene rings is 1. The van der Waals surface area contributed by atoms with Gasteiger partial charge in [-0.25, -0.2) is 9.97 Å². The second-order valence-electron chi connectivity index (χ2n) is 9.02. The molecule has 1 unspecified atom stereocenters. The minimum atomic E-state index is -4.23. The van der Waals surface area contributed by atoms with Crippen LogP contribution in [0.25, 0.3) is 10.2 Å². The fourth-order valence-corrected chi connectivity index (χ4v) is 6.08. The summed E-state index contributed by atoms with van der Waals surface area (Å²) >= 11 is 1.09. The molecular formula is C23H24F3N5OS. The van der Waals surface area contributed by atoms with Crippen molar-refractivity contribution in [2.75, 3.05) is 30.4 Å². The third kappa shape index (κ3) is 4.48. The van der Waals surface area contributed by atoms with E-state index in [-0.39, 0.29) is 16.2 Å². The summed E-state index contributed by atoms with van der Waals surface area (Å²) in [7, 11) is 1.61. The van der Waals surface area contributed by atoms with Crippen molar-refractivity contribution in [1.82, 2.24) is 15.3 Å². The molecule has 6 nitrogen and oxygen atoms in total. The molecule has 5 rings (SSSR count). The number of carbonyl (C=O) groups excluding carboxylic acids is 1. The van der Waals surface area contributed by atoms with Gasteiger partial charge < -0.3 is 15.5 Å². The molecule has 1 saturated carbocycles. The third-order valence-electron chi connectivity index (χ3n) is 6.53. The van der Waals surface area contributed by atoms with Crippen molar-refractivity contribution in [3.8, 4) is 0 Å². The van der Waals surface area contributed by atoms with Crippen molar-refractivity contribution >= 4 is 39.0 Å². The van der Waals surface area contributed by atoms with Crippen LogP contribution in [0, 0.1) is 5.41 Å². The van der Waals surface area contributed by atoms with Crippen molar-refractivity contribution in [2.24, 2.45) is 5.41 Å². The molecule has 1 atom stereocenters. The van der Waals surface area contributed by atoms with E-state index in [1.54, 1.807) is 13.1 Å². The Morgan fingerprint density at radius 2 is 2.00 bits per heavy atom. The molecule has 1 spiro atoms. The van der Waals surface area contributed by atoms with Crippen LogP contribution < -0.4 is 15.5 Å². The molecule has 2 aromatic heterocycles. The standard InChI is InChI=1S/C23H24F3N5OS/c1-27-20(32)14-2-4-15(5-3-14)30-16-6-7-22(9-16)11-31(12-22)19-18-8-17(10-23(24,25)26)33-21(18)29-13-28-19/h2-5,8,13,16,30H,6-7,9-12H2,1H3,(H,27,32). The Morgan fingerprint density at radius 1 is 1.24 bits per heavy atom. The molecule has 2 aliphatic rings. The second kappa shape index (κ2) is 8.16. The van der Waals surface area contributed by atoms with E-state index in [2.05, 4.69) is 25.5 Å². The van der Waals surface area contributed by atoms with Gasteiger partial charge in [-0.1, -0.05) is 0 Å². The van der Waals surface area contributed by atoms with Crippen molar-refractivity contribution in [2.45, 2.75) is 37.9 Å². The molecule has 33 heavy (non-hydrogen) atoms. The van der Waals surface area contributed by atoms with Gasteiger partial charge in [-0.2, -0.15) is 13.2 Å². The maximum absolute atomic E-state index is 12.8. The zero-order valence-electron chi connectivity index (χ0n) is 18.1. The number of anilines is 2. The van der Waals surface area contributed by atoms with Crippen molar-refractivity contribution in [1.29, 1.82) is 0 Å². The van der Waals surface area contributed by atoms with Crippen LogP contribution in [0.2, 0.25) is 0 Å². The zero-order valence-corrected chi connectivity index (χ0v) is 18.9. The molecule has 1 amide bonds. The number of hydrogen-bond acceptors (Lipinski definition) is 6. The van der Waals surface area contributed by atoms with E-state index >= 15 is 0 Å². The van der Waals surface area contributed by atoms with Gasteiger partial charge in [0.2, 0.25) is 0 Å². The molecule has 174 valence electrons. The monoisotopic (exact) mass is 475 g/mol. The number of thiophene rings is 1. The number of rotatable bonds is 5. The Bertz CT molecular complexity index is 1170. The Labute approximate surface area is 193 Å². The van der Waals surface area contributed by atoms with Crippen LogP contribution in [-0.2, 0) is 6.42 Å². The number of nitrogens with one attached hydrogen (secondary N) is 2. The lowest BCUT2D eigenvalue weighted by Gasteiger charge is -2.49. The molecule has 2 fully saturated rings. The fourth-order valence-electron chi connectivity index (χ4n) is 5.06. The maximum Gasteiger partial charge on any atom is 0.393 e. The number of halogens is 3. The molecule has 10 heteroatoms. The third-order valence-corrected chi connectivity index (χ3v) is 7.58. The highest BCUT2D eigenvalue weighted by atomic mass is 32.1. The lowest BCUT2D eigenvalue weighted by Crippen LogP contribution is -2.56. The van der Waals surface area contributed by atoms with Crippen LogP contribution in [0.3, 0.4) is 0 Å². The number of nitrogens with zero attached hydrogens (tertiary/aromatic N) is 3. The van der Waals surface area contributed by atoms with Gasteiger partial charge in [-0.15, -0.1) is 11.3 Å². The first kappa shape index (κ1) is 21.9. The predicted molar refractivity (Wildman–Crippen MR) is 123 cm³/mol. The normalized spacial score (nSPS) is 19.6. The van der Waals surface area contributed by atoms with E-state index in [4.69, 9.17) is 0 Å². The van der Waals surface area contributed by atoms with Gasteiger partial charge >= 0.3 is 6.18 Å². The highest BCUT2D eigenvalue weighted by Gasteiger charge is 2.49. The van der Waals surface area contributed by atoms with Gasteiger partial charge in [0.15, 0.2) is 0 Å². The van der Waals surface area contributed by atoms with Gasteiger partial charge in [-0.05, 0) is 49.6 Å². The lowest BCUT2D eigenvalue weighted by molar-refractivity contribution is -0.126. The topological polar surface area (TPSA) is 70.2 Å². The molecule has 1 aromatic carbocycles. The Morgan fingerprint density at radius 3 is 2.70 bits per heavy atom. The van der Waals surface area contributed by atoms with Gasteiger partial charge in [0, 0.05) is 47.7 Å². The van der Waals surface area contributed by atoms with Crippen LogP contribution in [0.4, 0.5) is 24.7 Å².